The summed E-state index contributed by atoms with van der Waals surface area (Å²) in [5, 5.41) is 14.0. The molecule has 0 unspecified atom stereocenters. The van der Waals surface area contributed by atoms with Crippen LogP contribution in [0.25, 0.3) is 5.69 Å². The van der Waals surface area contributed by atoms with Crippen LogP contribution in [0.3, 0.4) is 0 Å². The van der Waals surface area contributed by atoms with Gasteiger partial charge in [0.25, 0.3) is 0 Å². The zero-order valence-corrected chi connectivity index (χ0v) is 14.9. The van der Waals surface area contributed by atoms with Gasteiger partial charge in [-0.25, -0.2) is 4.68 Å². The van der Waals surface area contributed by atoms with Crippen LogP contribution >= 0.6 is 0 Å². The summed E-state index contributed by atoms with van der Waals surface area (Å²) in [4.78, 5) is 2.46. The molecule has 0 atom stereocenters. The summed E-state index contributed by atoms with van der Waals surface area (Å²) in [6.45, 7) is 6.03. The minimum absolute atomic E-state index is 0.236. The second kappa shape index (κ2) is 7.95. The lowest BCUT2D eigenvalue weighted by atomic mass is 9.94. The van der Waals surface area contributed by atoms with Crippen LogP contribution in [0.5, 0.6) is 0 Å². The van der Waals surface area contributed by atoms with Crippen molar-refractivity contribution in [1.82, 2.24) is 14.7 Å². The normalized spacial score (nSPS) is 16.0. The summed E-state index contributed by atoms with van der Waals surface area (Å²) < 4.78 is 1.99. The maximum atomic E-state index is 9.42. The van der Waals surface area contributed by atoms with Crippen LogP contribution in [0.2, 0.25) is 0 Å². The van der Waals surface area contributed by atoms with E-state index in [0.717, 1.165) is 30.2 Å². The Balaban J connectivity index is 1.70. The molecule has 1 heterocycles. The second-order valence-electron chi connectivity index (χ2n) is 6.99. The molecule has 0 amide bonds. The Morgan fingerprint density at radius 2 is 1.83 bits per heavy atom. The van der Waals surface area contributed by atoms with Crippen LogP contribution in [0.1, 0.15) is 49.1 Å². The summed E-state index contributed by atoms with van der Waals surface area (Å²) in [7, 11) is 0. The molecule has 0 spiro atoms. The van der Waals surface area contributed by atoms with Gasteiger partial charge >= 0.3 is 0 Å². The van der Waals surface area contributed by atoms with E-state index in [0.29, 0.717) is 6.04 Å². The van der Waals surface area contributed by atoms with Crippen molar-refractivity contribution in [2.75, 3.05) is 13.2 Å². The molecule has 4 heteroatoms. The molecule has 1 N–H and O–H groups in total. The van der Waals surface area contributed by atoms with Crippen molar-refractivity contribution in [1.29, 1.82) is 0 Å². The highest BCUT2D eigenvalue weighted by molar-refractivity contribution is 5.36. The summed E-state index contributed by atoms with van der Waals surface area (Å²) in [6, 6.07) is 11.4. The average Bonchev–Trinajstić information content (AvgIpc) is 2.94. The molecule has 0 aliphatic heterocycles. The minimum atomic E-state index is 0.236. The lowest BCUT2D eigenvalue weighted by Gasteiger charge is -2.34. The minimum Gasteiger partial charge on any atom is -0.395 e. The molecule has 0 bridgehead atoms. The molecule has 1 aromatic heterocycles. The Bertz CT molecular complexity index is 641. The Kier molecular flexibility index (Phi) is 5.69. The first-order chi connectivity index (χ1) is 11.7. The highest BCUT2D eigenvalue weighted by Crippen LogP contribution is 2.24. The number of hydrogen-bond donors (Lipinski definition) is 1. The summed E-state index contributed by atoms with van der Waals surface area (Å²) in [5.74, 6) is 0. The van der Waals surface area contributed by atoms with Crippen molar-refractivity contribution in [2.45, 2.75) is 58.5 Å². The van der Waals surface area contributed by atoms with Crippen molar-refractivity contribution in [2.24, 2.45) is 0 Å². The van der Waals surface area contributed by atoms with Gasteiger partial charge in [0.15, 0.2) is 0 Å². The molecule has 4 nitrogen and oxygen atoms in total. The van der Waals surface area contributed by atoms with Crippen molar-refractivity contribution in [3.05, 3.63) is 47.3 Å². The third-order valence-electron chi connectivity index (χ3n) is 5.05. The molecular weight excluding hydrogens is 298 g/mol. The zero-order chi connectivity index (χ0) is 16.9. The Morgan fingerprint density at radius 3 is 2.42 bits per heavy atom. The average molecular weight is 327 g/mol. The smallest absolute Gasteiger partial charge is 0.0648 e. The molecular formula is C20H29N3O. The van der Waals surface area contributed by atoms with Crippen molar-refractivity contribution >= 4 is 0 Å². The van der Waals surface area contributed by atoms with E-state index >= 15 is 0 Å². The molecule has 3 rings (SSSR count). The van der Waals surface area contributed by atoms with Gasteiger partial charge in [-0.3, -0.25) is 4.90 Å². The summed E-state index contributed by atoms with van der Waals surface area (Å²) in [5.41, 5.74) is 4.61. The van der Waals surface area contributed by atoms with E-state index in [1.807, 2.05) is 11.6 Å². The molecule has 1 aliphatic rings. The summed E-state index contributed by atoms with van der Waals surface area (Å²) >= 11 is 0. The van der Waals surface area contributed by atoms with Gasteiger partial charge in [0.05, 0.1) is 18.0 Å². The van der Waals surface area contributed by atoms with E-state index in [4.69, 9.17) is 0 Å². The van der Waals surface area contributed by atoms with Gasteiger partial charge in [0.1, 0.15) is 0 Å². The van der Waals surface area contributed by atoms with Crippen molar-refractivity contribution in [3.63, 3.8) is 0 Å². The predicted octanol–water partition coefficient (Wildman–Crippen LogP) is 3.62. The standard InChI is InChI=1S/C20H29N3O/c1-16-14-17(2)23(21-16)20-10-8-18(9-11-20)15-22(12-13-24)19-6-4-3-5-7-19/h8-11,14,19,24H,3-7,12-13,15H2,1-2H3. The molecule has 1 saturated carbocycles. The molecule has 0 radical (unpaired) electrons. The fraction of sp³-hybridized carbons (Fsp3) is 0.550. The highest BCUT2D eigenvalue weighted by atomic mass is 16.3. The van der Waals surface area contributed by atoms with Crippen molar-refractivity contribution in [3.8, 4) is 5.69 Å². The first-order valence-corrected chi connectivity index (χ1v) is 9.15. The molecule has 130 valence electrons. The molecule has 1 aliphatic carbocycles. The molecule has 2 aromatic rings. The van der Waals surface area contributed by atoms with Gasteiger partial charge in [0.2, 0.25) is 0 Å². The molecule has 24 heavy (non-hydrogen) atoms. The fourth-order valence-electron chi connectivity index (χ4n) is 3.83. The number of hydrogen-bond acceptors (Lipinski definition) is 3. The number of aryl methyl sites for hydroxylation is 2. The highest BCUT2D eigenvalue weighted by Gasteiger charge is 2.20. The number of aromatic nitrogens is 2. The number of aliphatic hydroxyl groups excluding tert-OH is 1. The fourth-order valence-corrected chi connectivity index (χ4v) is 3.83. The van der Waals surface area contributed by atoms with Gasteiger partial charge in [-0.2, -0.15) is 5.10 Å². The van der Waals surface area contributed by atoms with E-state index in [2.05, 4.69) is 47.3 Å². The topological polar surface area (TPSA) is 41.3 Å². The molecule has 0 saturated heterocycles. The van der Waals surface area contributed by atoms with E-state index in [9.17, 15) is 5.11 Å². The van der Waals surface area contributed by atoms with Crippen LogP contribution < -0.4 is 0 Å². The number of benzene rings is 1. The predicted molar refractivity (Wildman–Crippen MR) is 97.4 cm³/mol. The van der Waals surface area contributed by atoms with Crippen LogP contribution in [0.15, 0.2) is 30.3 Å². The largest absolute Gasteiger partial charge is 0.395 e. The van der Waals surface area contributed by atoms with Crippen LogP contribution in [0, 0.1) is 13.8 Å². The maximum absolute atomic E-state index is 9.42. The van der Waals surface area contributed by atoms with Crippen LogP contribution in [0.4, 0.5) is 0 Å². The zero-order valence-electron chi connectivity index (χ0n) is 14.9. The quantitative estimate of drug-likeness (QED) is 0.881. The maximum Gasteiger partial charge on any atom is 0.0648 e. The van der Waals surface area contributed by atoms with Gasteiger partial charge in [-0.15, -0.1) is 0 Å². The molecule has 1 fully saturated rings. The lowest BCUT2D eigenvalue weighted by molar-refractivity contribution is 0.117. The van der Waals surface area contributed by atoms with Crippen LogP contribution in [-0.4, -0.2) is 39.0 Å². The van der Waals surface area contributed by atoms with Gasteiger partial charge in [0, 0.05) is 24.8 Å². The third kappa shape index (κ3) is 4.05. The van der Waals surface area contributed by atoms with Crippen LogP contribution in [-0.2, 0) is 6.54 Å². The van der Waals surface area contributed by atoms with Crippen molar-refractivity contribution < 1.29 is 5.11 Å². The SMILES string of the molecule is Cc1cc(C)n(-c2ccc(CN(CCO)C3CCCCC3)cc2)n1. The number of nitrogens with zero attached hydrogens (tertiary/aromatic N) is 3. The number of aliphatic hydroxyl groups is 1. The number of rotatable bonds is 6. The Morgan fingerprint density at radius 1 is 1.12 bits per heavy atom. The Hall–Kier alpha value is -1.65. The van der Waals surface area contributed by atoms with E-state index < -0.39 is 0 Å². The van der Waals surface area contributed by atoms with E-state index in [-0.39, 0.29) is 6.61 Å². The Labute approximate surface area is 145 Å². The second-order valence-corrected chi connectivity index (χ2v) is 6.99. The lowest BCUT2D eigenvalue weighted by Crippen LogP contribution is -2.38. The van der Waals surface area contributed by atoms with Gasteiger partial charge in [-0.05, 0) is 50.5 Å². The third-order valence-corrected chi connectivity index (χ3v) is 5.05. The monoisotopic (exact) mass is 327 g/mol. The van der Waals surface area contributed by atoms with E-state index in [1.165, 1.54) is 37.7 Å². The molecule has 1 aromatic carbocycles. The van der Waals surface area contributed by atoms with Gasteiger partial charge in [-0.1, -0.05) is 31.4 Å². The van der Waals surface area contributed by atoms with Gasteiger partial charge < -0.3 is 5.11 Å². The summed E-state index contributed by atoms with van der Waals surface area (Å²) in [6.07, 6.45) is 6.54. The first kappa shape index (κ1) is 17.2. The first-order valence-electron chi connectivity index (χ1n) is 9.15. The van der Waals surface area contributed by atoms with E-state index in [1.54, 1.807) is 0 Å².